The molecule has 76 valence electrons. The van der Waals surface area contributed by atoms with Crippen LogP contribution in [-0.2, 0) is 11.2 Å². The maximum absolute atomic E-state index is 11.7. The Balaban J connectivity index is 2.65. The molecule has 0 fully saturated rings. The molecule has 0 atom stereocenters. The van der Waals surface area contributed by atoms with Gasteiger partial charge >= 0.3 is 0 Å². The number of nitrogens with two attached hydrogens (primary N) is 1. The Kier molecular flexibility index (Phi) is 2.17. The maximum Gasteiger partial charge on any atom is 0.280 e. The van der Waals surface area contributed by atoms with Crippen molar-refractivity contribution in [3.8, 4) is 0 Å². The Labute approximate surface area is 84.4 Å². The fourth-order valence-corrected chi connectivity index (χ4v) is 1.26. The van der Waals surface area contributed by atoms with E-state index in [-0.39, 0.29) is 17.7 Å². The Morgan fingerprint density at radius 2 is 2.20 bits per heavy atom. The molecule has 2 heterocycles. The van der Waals surface area contributed by atoms with E-state index in [0.717, 1.165) is 0 Å². The van der Waals surface area contributed by atoms with Gasteiger partial charge in [0.05, 0.1) is 6.42 Å². The van der Waals surface area contributed by atoms with Crippen LogP contribution in [0.2, 0.25) is 0 Å². The van der Waals surface area contributed by atoms with Crippen molar-refractivity contribution in [1.29, 1.82) is 0 Å². The van der Waals surface area contributed by atoms with E-state index in [1.807, 2.05) is 0 Å². The molecule has 6 heteroatoms. The zero-order chi connectivity index (χ0) is 10.8. The second-order valence-corrected chi connectivity index (χ2v) is 3.02. The molecule has 0 aromatic carbocycles. The van der Waals surface area contributed by atoms with Crippen molar-refractivity contribution in [1.82, 2.24) is 14.6 Å². The van der Waals surface area contributed by atoms with Crippen LogP contribution in [0.25, 0.3) is 5.65 Å². The van der Waals surface area contributed by atoms with Gasteiger partial charge in [-0.05, 0) is 12.1 Å². The summed E-state index contributed by atoms with van der Waals surface area (Å²) >= 11 is 0. The van der Waals surface area contributed by atoms with Gasteiger partial charge in [-0.1, -0.05) is 6.07 Å². The first kappa shape index (κ1) is 9.32. The van der Waals surface area contributed by atoms with Crippen molar-refractivity contribution in [3.63, 3.8) is 0 Å². The number of nitrogens with zero attached hydrogens (tertiary/aromatic N) is 3. The molecular weight excluding hydrogens is 196 g/mol. The second-order valence-electron chi connectivity index (χ2n) is 3.02. The Hall–Kier alpha value is -2.24. The second kappa shape index (κ2) is 3.49. The average Bonchev–Trinajstić information content (AvgIpc) is 2.22. The van der Waals surface area contributed by atoms with Crippen LogP contribution in [-0.4, -0.2) is 20.5 Å². The Morgan fingerprint density at radius 1 is 1.40 bits per heavy atom. The number of pyridine rings is 1. The molecule has 15 heavy (non-hydrogen) atoms. The Morgan fingerprint density at radius 3 is 2.93 bits per heavy atom. The van der Waals surface area contributed by atoms with Crippen LogP contribution in [0.5, 0.6) is 0 Å². The Bertz CT molecular complexity index is 576. The minimum Gasteiger partial charge on any atom is -0.369 e. The fraction of sp³-hybridized carbons (Fsp3) is 0.111. The predicted octanol–water partition coefficient (Wildman–Crippen LogP) is -0.883. The molecule has 0 aliphatic rings. The van der Waals surface area contributed by atoms with Crippen LogP contribution >= 0.6 is 0 Å². The van der Waals surface area contributed by atoms with E-state index in [0.29, 0.717) is 5.65 Å². The van der Waals surface area contributed by atoms with Gasteiger partial charge in [-0.2, -0.15) is 0 Å². The third-order valence-corrected chi connectivity index (χ3v) is 1.92. The lowest BCUT2D eigenvalue weighted by molar-refractivity contribution is -0.117. The third kappa shape index (κ3) is 1.69. The number of rotatable bonds is 2. The standard InChI is InChI=1S/C9H8N4O2/c10-7(14)5-6-9(15)13-4-2-1-3-8(13)12-11-6/h1-4H,5H2,(H2,10,14). The number of aromatic nitrogens is 3. The molecule has 2 aromatic rings. The molecule has 0 aliphatic carbocycles. The minimum atomic E-state index is -0.600. The van der Waals surface area contributed by atoms with E-state index in [2.05, 4.69) is 10.2 Å². The molecule has 0 aliphatic heterocycles. The van der Waals surface area contributed by atoms with Crippen molar-refractivity contribution in [2.45, 2.75) is 6.42 Å². The number of fused-ring (bicyclic) bond motifs is 1. The summed E-state index contributed by atoms with van der Waals surface area (Å²) in [6.45, 7) is 0. The van der Waals surface area contributed by atoms with E-state index in [4.69, 9.17) is 5.73 Å². The highest BCUT2D eigenvalue weighted by atomic mass is 16.1. The summed E-state index contributed by atoms with van der Waals surface area (Å²) in [5.74, 6) is -0.600. The number of carbonyl (C=O) groups is 1. The smallest absolute Gasteiger partial charge is 0.280 e. The van der Waals surface area contributed by atoms with Crippen molar-refractivity contribution in [2.24, 2.45) is 5.73 Å². The van der Waals surface area contributed by atoms with E-state index >= 15 is 0 Å². The van der Waals surface area contributed by atoms with Gasteiger partial charge in [-0.25, -0.2) is 0 Å². The van der Waals surface area contributed by atoms with Crippen molar-refractivity contribution in [2.75, 3.05) is 0 Å². The highest BCUT2D eigenvalue weighted by Gasteiger charge is 2.08. The quantitative estimate of drug-likeness (QED) is 0.687. The van der Waals surface area contributed by atoms with Crippen LogP contribution in [0.3, 0.4) is 0 Å². The molecule has 6 nitrogen and oxygen atoms in total. The van der Waals surface area contributed by atoms with Gasteiger partial charge in [-0.3, -0.25) is 14.0 Å². The molecular formula is C9H8N4O2. The summed E-state index contributed by atoms with van der Waals surface area (Å²) in [6.07, 6.45) is 1.38. The molecule has 2 aromatic heterocycles. The SMILES string of the molecule is NC(=O)Cc1nnc2ccccn2c1=O. The first-order valence-electron chi connectivity index (χ1n) is 4.30. The summed E-state index contributed by atoms with van der Waals surface area (Å²) in [4.78, 5) is 22.4. The number of carbonyl (C=O) groups excluding carboxylic acids is 1. The van der Waals surface area contributed by atoms with Crippen molar-refractivity contribution < 1.29 is 4.79 Å². The van der Waals surface area contributed by atoms with E-state index in [1.165, 1.54) is 4.40 Å². The number of hydrogen-bond donors (Lipinski definition) is 1. The molecule has 0 spiro atoms. The molecule has 0 saturated heterocycles. The predicted molar refractivity (Wildman–Crippen MR) is 52.2 cm³/mol. The summed E-state index contributed by atoms with van der Waals surface area (Å²) in [5.41, 5.74) is 5.12. The molecule has 2 rings (SSSR count). The lowest BCUT2D eigenvalue weighted by Crippen LogP contribution is -2.26. The number of primary amides is 1. The molecule has 2 N–H and O–H groups in total. The summed E-state index contributed by atoms with van der Waals surface area (Å²) < 4.78 is 1.32. The topological polar surface area (TPSA) is 90.3 Å². The minimum absolute atomic E-state index is 0.0613. The summed E-state index contributed by atoms with van der Waals surface area (Å²) in [6, 6.07) is 5.10. The monoisotopic (exact) mass is 204 g/mol. The highest BCUT2D eigenvalue weighted by molar-refractivity contribution is 5.75. The van der Waals surface area contributed by atoms with Gasteiger partial charge in [0, 0.05) is 6.20 Å². The average molecular weight is 204 g/mol. The normalized spacial score (nSPS) is 10.4. The molecule has 0 bridgehead atoms. The largest absolute Gasteiger partial charge is 0.369 e. The summed E-state index contributed by atoms with van der Waals surface area (Å²) in [5, 5.41) is 7.46. The third-order valence-electron chi connectivity index (χ3n) is 1.92. The van der Waals surface area contributed by atoms with E-state index in [1.54, 1.807) is 24.4 Å². The van der Waals surface area contributed by atoms with E-state index in [9.17, 15) is 9.59 Å². The number of amides is 1. The molecule has 1 amide bonds. The zero-order valence-corrected chi connectivity index (χ0v) is 7.75. The fourth-order valence-electron chi connectivity index (χ4n) is 1.26. The summed E-state index contributed by atoms with van der Waals surface area (Å²) in [7, 11) is 0. The maximum atomic E-state index is 11.7. The highest BCUT2D eigenvalue weighted by Crippen LogP contribution is 1.94. The van der Waals surface area contributed by atoms with Crippen LogP contribution in [0, 0.1) is 0 Å². The van der Waals surface area contributed by atoms with E-state index < -0.39 is 5.91 Å². The van der Waals surface area contributed by atoms with Crippen LogP contribution in [0.1, 0.15) is 5.69 Å². The first-order valence-corrected chi connectivity index (χ1v) is 4.30. The molecule has 0 radical (unpaired) electrons. The van der Waals surface area contributed by atoms with Crippen molar-refractivity contribution in [3.05, 3.63) is 40.4 Å². The van der Waals surface area contributed by atoms with Gasteiger partial charge in [0.15, 0.2) is 5.65 Å². The van der Waals surface area contributed by atoms with Gasteiger partial charge < -0.3 is 5.73 Å². The molecule has 0 saturated carbocycles. The van der Waals surface area contributed by atoms with Gasteiger partial charge in [0.25, 0.3) is 5.56 Å². The van der Waals surface area contributed by atoms with Gasteiger partial charge in [-0.15, -0.1) is 10.2 Å². The van der Waals surface area contributed by atoms with Crippen LogP contribution < -0.4 is 11.3 Å². The zero-order valence-electron chi connectivity index (χ0n) is 7.75. The number of hydrogen-bond acceptors (Lipinski definition) is 4. The van der Waals surface area contributed by atoms with Crippen molar-refractivity contribution >= 4 is 11.6 Å². The van der Waals surface area contributed by atoms with Crippen LogP contribution in [0.15, 0.2) is 29.2 Å². The lowest BCUT2D eigenvalue weighted by atomic mass is 10.3. The first-order chi connectivity index (χ1) is 7.18. The lowest BCUT2D eigenvalue weighted by Gasteiger charge is -1.99. The van der Waals surface area contributed by atoms with Gasteiger partial charge in [0.2, 0.25) is 5.91 Å². The van der Waals surface area contributed by atoms with Crippen LogP contribution in [0.4, 0.5) is 0 Å². The molecule has 0 unspecified atom stereocenters. The van der Waals surface area contributed by atoms with Gasteiger partial charge in [0.1, 0.15) is 5.69 Å².